The van der Waals surface area contributed by atoms with Crippen molar-refractivity contribution >= 4 is 5.69 Å². The van der Waals surface area contributed by atoms with Gasteiger partial charge in [-0.05, 0) is 68.4 Å². The lowest BCUT2D eigenvalue weighted by molar-refractivity contribution is -0.0723. The van der Waals surface area contributed by atoms with Crippen molar-refractivity contribution in [1.29, 1.82) is 0 Å². The minimum atomic E-state index is -0.781. The zero-order valence-electron chi connectivity index (χ0n) is 21.0. The number of anilines is 1. The first-order valence-electron chi connectivity index (χ1n) is 13.1. The summed E-state index contributed by atoms with van der Waals surface area (Å²) in [5, 5.41) is 33.6. The molecule has 2 aromatic carbocycles. The van der Waals surface area contributed by atoms with Gasteiger partial charge in [-0.2, -0.15) is 0 Å². The highest BCUT2D eigenvalue weighted by molar-refractivity contribution is 5.49. The molecule has 3 aliphatic rings. The van der Waals surface area contributed by atoms with Gasteiger partial charge in [0.05, 0.1) is 24.9 Å². The summed E-state index contributed by atoms with van der Waals surface area (Å²) in [5.74, 6) is 0.849. The van der Waals surface area contributed by atoms with Crippen molar-refractivity contribution < 1.29 is 20.1 Å². The number of hydrogen-bond acceptors (Lipinski definition) is 6. The minimum Gasteiger partial charge on any atom is -0.497 e. The summed E-state index contributed by atoms with van der Waals surface area (Å²) in [6, 6.07) is 18.9. The van der Waals surface area contributed by atoms with Gasteiger partial charge in [0.25, 0.3) is 0 Å². The summed E-state index contributed by atoms with van der Waals surface area (Å²) in [6.07, 6.45) is 3.21. The van der Waals surface area contributed by atoms with Crippen LogP contribution in [0.4, 0.5) is 5.69 Å². The third-order valence-corrected chi connectivity index (χ3v) is 9.01. The van der Waals surface area contributed by atoms with E-state index in [2.05, 4.69) is 53.1 Å². The highest BCUT2D eigenvalue weighted by atomic mass is 16.5. The van der Waals surface area contributed by atoms with E-state index in [-0.39, 0.29) is 12.1 Å². The van der Waals surface area contributed by atoms with Gasteiger partial charge in [0.15, 0.2) is 0 Å². The molecule has 0 bridgehead atoms. The lowest BCUT2D eigenvalue weighted by atomic mass is 9.74. The number of nitrogens with zero attached hydrogens (tertiary/aromatic N) is 2. The molecule has 5 rings (SSSR count). The van der Waals surface area contributed by atoms with Gasteiger partial charge >= 0.3 is 0 Å². The smallest absolute Gasteiger partial charge is 0.119 e. The van der Waals surface area contributed by atoms with Crippen LogP contribution in [0.2, 0.25) is 0 Å². The molecule has 0 unspecified atom stereocenters. The number of benzene rings is 2. The summed E-state index contributed by atoms with van der Waals surface area (Å²) < 4.78 is 5.29. The number of piperidine rings is 1. The molecule has 1 saturated carbocycles. The highest BCUT2D eigenvalue weighted by Gasteiger charge is 2.56. The van der Waals surface area contributed by atoms with Crippen molar-refractivity contribution in [2.75, 3.05) is 31.6 Å². The van der Waals surface area contributed by atoms with Crippen molar-refractivity contribution in [1.82, 2.24) is 4.90 Å². The Morgan fingerprint density at radius 1 is 0.971 bits per heavy atom. The second-order valence-corrected chi connectivity index (χ2v) is 11.2. The first kappa shape index (κ1) is 24.6. The fourth-order valence-corrected chi connectivity index (χ4v) is 6.87. The first-order valence-corrected chi connectivity index (χ1v) is 13.1. The standard InChI is InChI=1S/C29H40N2O4/c1-28-19-24(21-7-4-3-5-8-21)31(26(28)10-6-9-25(32)27(28)33)20-29(34)15-17-30(18-16-29)22-11-13-23(35-2)14-12-22/h3-5,7-8,11-14,24-27,32-34H,6,9-10,15-20H2,1-2H3/t24-,25-,26-,27-,28-/m1/s1. The van der Waals surface area contributed by atoms with Gasteiger partial charge in [-0.3, -0.25) is 4.90 Å². The molecule has 1 aliphatic carbocycles. The Kier molecular flexibility index (Phi) is 6.83. The van der Waals surface area contributed by atoms with Crippen molar-refractivity contribution in [2.24, 2.45) is 5.41 Å². The van der Waals surface area contributed by atoms with Crippen LogP contribution in [0, 0.1) is 5.41 Å². The maximum Gasteiger partial charge on any atom is 0.119 e. The summed E-state index contributed by atoms with van der Waals surface area (Å²) in [6.45, 7) is 4.33. The van der Waals surface area contributed by atoms with Crippen LogP contribution < -0.4 is 9.64 Å². The number of β-amino-alcohol motifs (C(OH)–C–C–N with tert-alkyl or cyclic N) is 1. The van der Waals surface area contributed by atoms with E-state index in [0.29, 0.717) is 25.8 Å². The minimum absolute atomic E-state index is 0.120. The predicted molar refractivity (Wildman–Crippen MR) is 138 cm³/mol. The summed E-state index contributed by atoms with van der Waals surface area (Å²) >= 11 is 0. The monoisotopic (exact) mass is 480 g/mol. The van der Waals surface area contributed by atoms with Crippen LogP contribution in [-0.4, -0.2) is 70.8 Å². The van der Waals surface area contributed by atoms with Gasteiger partial charge in [0.2, 0.25) is 0 Å². The molecule has 190 valence electrons. The third-order valence-electron chi connectivity index (χ3n) is 9.01. The van der Waals surface area contributed by atoms with E-state index in [0.717, 1.165) is 43.8 Å². The number of fused-ring (bicyclic) bond motifs is 1. The number of likely N-dealkylation sites (tertiary alicyclic amines) is 1. The van der Waals surface area contributed by atoms with Crippen LogP contribution in [0.25, 0.3) is 0 Å². The summed E-state index contributed by atoms with van der Waals surface area (Å²) in [4.78, 5) is 4.81. The largest absolute Gasteiger partial charge is 0.497 e. The van der Waals surface area contributed by atoms with E-state index in [1.54, 1.807) is 7.11 Å². The average molecular weight is 481 g/mol. The van der Waals surface area contributed by atoms with E-state index in [9.17, 15) is 15.3 Å². The van der Waals surface area contributed by atoms with E-state index < -0.39 is 23.2 Å². The van der Waals surface area contributed by atoms with Gasteiger partial charge in [0.1, 0.15) is 5.75 Å². The van der Waals surface area contributed by atoms with Crippen LogP contribution in [-0.2, 0) is 0 Å². The molecule has 3 fully saturated rings. The Morgan fingerprint density at radius 2 is 1.66 bits per heavy atom. The van der Waals surface area contributed by atoms with Crippen LogP contribution in [0.5, 0.6) is 5.75 Å². The molecule has 6 nitrogen and oxygen atoms in total. The lowest BCUT2D eigenvalue weighted by Gasteiger charge is -2.45. The van der Waals surface area contributed by atoms with Crippen molar-refractivity contribution in [3.05, 3.63) is 60.2 Å². The van der Waals surface area contributed by atoms with Gasteiger partial charge in [-0.15, -0.1) is 0 Å². The molecule has 35 heavy (non-hydrogen) atoms. The number of ether oxygens (including phenoxy) is 1. The quantitative estimate of drug-likeness (QED) is 0.605. The molecule has 0 radical (unpaired) electrons. The topological polar surface area (TPSA) is 76.4 Å². The Morgan fingerprint density at radius 3 is 2.31 bits per heavy atom. The molecule has 5 atom stereocenters. The summed E-state index contributed by atoms with van der Waals surface area (Å²) in [5.41, 5.74) is 1.20. The van der Waals surface area contributed by atoms with Crippen LogP contribution in [0.15, 0.2) is 54.6 Å². The normalized spacial score (nSPS) is 33.2. The Labute approximate surface area is 209 Å². The molecule has 0 spiro atoms. The van der Waals surface area contributed by atoms with Crippen LogP contribution in [0.3, 0.4) is 0 Å². The molecule has 2 heterocycles. The Hall–Kier alpha value is -2.12. The molecule has 2 aromatic rings. The van der Waals surface area contributed by atoms with Gasteiger partial charge in [-0.1, -0.05) is 37.3 Å². The summed E-state index contributed by atoms with van der Waals surface area (Å²) in [7, 11) is 1.68. The molecule has 0 amide bonds. The number of methoxy groups -OCH3 is 1. The van der Waals surface area contributed by atoms with E-state index in [4.69, 9.17) is 4.74 Å². The molecular weight excluding hydrogens is 440 g/mol. The molecule has 3 N–H and O–H groups in total. The molecule has 2 aliphatic heterocycles. The third kappa shape index (κ3) is 4.69. The first-order chi connectivity index (χ1) is 16.8. The molecular formula is C29H40N2O4. The lowest BCUT2D eigenvalue weighted by Crippen LogP contribution is -2.54. The number of aliphatic hydroxyl groups excluding tert-OH is 2. The number of aliphatic hydroxyl groups is 3. The zero-order valence-corrected chi connectivity index (χ0v) is 21.0. The molecule has 6 heteroatoms. The Bertz CT molecular complexity index is 976. The molecule has 2 saturated heterocycles. The predicted octanol–water partition coefficient (Wildman–Crippen LogP) is 3.75. The van der Waals surface area contributed by atoms with E-state index in [1.807, 2.05) is 18.2 Å². The maximum atomic E-state index is 11.8. The zero-order chi connectivity index (χ0) is 24.6. The second-order valence-electron chi connectivity index (χ2n) is 11.2. The van der Waals surface area contributed by atoms with Crippen molar-refractivity contribution in [3.63, 3.8) is 0 Å². The number of rotatable bonds is 5. The van der Waals surface area contributed by atoms with Crippen LogP contribution in [0.1, 0.15) is 57.1 Å². The average Bonchev–Trinajstić information content (AvgIpc) is 3.10. The highest BCUT2D eigenvalue weighted by Crippen LogP contribution is 2.54. The number of hydrogen-bond donors (Lipinski definition) is 3. The maximum absolute atomic E-state index is 11.8. The van der Waals surface area contributed by atoms with Gasteiger partial charge in [-0.25, -0.2) is 0 Å². The SMILES string of the molecule is COc1ccc(N2CCC(O)(CN3[C@@H](c4ccccc4)C[C@@]4(C)[C@H](O)[C@H](O)CCC[C@@H]34)CC2)cc1. The fraction of sp³-hybridized carbons (Fsp3) is 0.586. The van der Waals surface area contributed by atoms with Crippen molar-refractivity contribution in [3.8, 4) is 5.75 Å². The Balaban J connectivity index is 1.36. The van der Waals surface area contributed by atoms with Gasteiger partial charge < -0.3 is 25.0 Å². The van der Waals surface area contributed by atoms with Crippen molar-refractivity contribution in [2.45, 2.75) is 75.3 Å². The van der Waals surface area contributed by atoms with Crippen LogP contribution >= 0.6 is 0 Å². The van der Waals surface area contributed by atoms with Gasteiger partial charge in [0, 0.05) is 42.8 Å². The fourth-order valence-electron chi connectivity index (χ4n) is 6.87. The second kappa shape index (κ2) is 9.74. The van der Waals surface area contributed by atoms with E-state index >= 15 is 0 Å². The molecule has 0 aromatic heterocycles. The van der Waals surface area contributed by atoms with E-state index in [1.165, 1.54) is 5.56 Å².